The predicted molar refractivity (Wildman–Crippen MR) is 64.8 cm³/mol. The van der Waals surface area contributed by atoms with Crippen LogP contribution in [0.1, 0.15) is 57.8 Å². The lowest BCUT2D eigenvalue weighted by Crippen LogP contribution is -2.50. The molecule has 2 aliphatic carbocycles. The first-order valence-corrected chi connectivity index (χ1v) is 6.78. The molecule has 2 saturated carbocycles. The summed E-state index contributed by atoms with van der Waals surface area (Å²) in [7, 11) is 0. The van der Waals surface area contributed by atoms with Crippen molar-refractivity contribution < 1.29 is 0 Å². The van der Waals surface area contributed by atoms with Gasteiger partial charge >= 0.3 is 0 Å². The predicted octanol–water partition coefficient (Wildman–Crippen LogP) is 2.43. The second kappa shape index (κ2) is 5.31. The molecule has 0 amide bonds. The van der Waals surface area contributed by atoms with Gasteiger partial charge < -0.3 is 11.1 Å². The van der Waals surface area contributed by atoms with Crippen LogP contribution in [-0.2, 0) is 0 Å². The lowest BCUT2D eigenvalue weighted by Gasteiger charge is -2.34. The van der Waals surface area contributed by atoms with Crippen molar-refractivity contribution in [1.82, 2.24) is 5.32 Å². The molecule has 0 unspecified atom stereocenters. The van der Waals surface area contributed by atoms with Crippen LogP contribution >= 0.6 is 0 Å². The Labute approximate surface area is 94.0 Å². The maximum atomic E-state index is 6.36. The molecule has 0 heterocycles. The normalized spacial score (nSPS) is 26.2. The third-order valence-corrected chi connectivity index (χ3v) is 4.28. The number of nitrogens with one attached hydrogen (secondary N) is 1. The first-order chi connectivity index (χ1) is 7.29. The van der Waals surface area contributed by atoms with E-state index in [4.69, 9.17) is 5.73 Å². The Morgan fingerprint density at radius 3 is 2.40 bits per heavy atom. The third kappa shape index (κ3) is 3.46. The fraction of sp³-hybridized carbons (Fsp3) is 1.00. The average Bonchev–Trinajstić information content (AvgIpc) is 2.16. The monoisotopic (exact) mass is 210 g/mol. The first kappa shape index (κ1) is 11.4. The van der Waals surface area contributed by atoms with Crippen molar-refractivity contribution in [2.75, 3.05) is 13.1 Å². The highest BCUT2D eigenvalue weighted by molar-refractivity contribution is 4.89. The molecule has 0 aromatic heterocycles. The molecule has 0 saturated heterocycles. The van der Waals surface area contributed by atoms with Crippen LogP contribution in [0.5, 0.6) is 0 Å². The van der Waals surface area contributed by atoms with E-state index in [1.165, 1.54) is 64.3 Å². The highest BCUT2D eigenvalue weighted by atomic mass is 14.9. The van der Waals surface area contributed by atoms with E-state index in [0.717, 1.165) is 12.5 Å². The van der Waals surface area contributed by atoms with Crippen LogP contribution in [0.3, 0.4) is 0 Å². The second-order valence-electron chi connectivity index (χ2n) is 5.69. The number of nitrogens with two attached hydrogens (primary N) is 1. The van der Waals surface area contributed by atoms with Crippen molar-refractivity contribution in [2.45, 2.75) is 63.3 Å². The van der Waals surface area contributed by atoms with Gasteiger partial charge in [0.15, 0.2) is 0 Å². The van der Waals surface area contributed by atoms with Gasteiger partial charge in [0.2, 0.25) is 0 Å². The van der Waals surface area contributed by atoms with Gasteiger partial charge in [-0.1, -0.05) is 38.5 Å². The summed E-state index contributed by atoms with van der Waals surface area (Å²) in [4.78, 5) is 0. The molecule has 3 N–H and O–H groups in total. The Hall–Kier alpha value is -0.0800. The number of hydrogen-bond acceptors (Lipinski definition) is 2. The van der Waals surface area contributed by atoms with E-state index in [1.54, 1.807) is 0 Å². The van der Waals surface area contributed by atoms with Gasteiger partial charge in [-0.2, -0.15) is 0 Å². The van der Waals surface area contributed by atoms with Gasteiger partial charge in [-0.25, -0.2) is 0 Å². The van der Waals surface area contributed by atoms with Crippen molar-refractivity contribution in [1.29, 1.82) is 0 Å². The molecular weight excluding hydrogens is 184 g/mol. The van der Waals surface area contributed by atoms with E-state index < -0.39 is 0 Å². The Morgan fingerprint density at radius 2 is 1.80 bits per heavy atom. The van der Waals surface area contributed by atoms with Crippen LogP contribution in [0.15, 0.2) is 0 Å². The first-order valence-electron chi connectivity index (χ1n) is 6.78. The molecule has 0 atom stereocenters. The minimum Gasteiger partial charge on any atom is -0.324 e. The summed E-state index contributed by atoms with van der Waals surface area (Å²) in [6, 6.07) is 0. The smallest absolute Gasteiger partial charge is 0.0280 e. The lowest BCUT2D eigenvalue weighted by molar-refractivity contribution is 0.263. The standard InChI is InChI=1S/C13H26N2/c14-13(8-2-1-3-9-13)11-15-10-7-12-5-4-6-12/h12,15H,1-11,14H2. The summed E-state index contributed by atoms with van der Waals surface area (Å²) in [5, 5.41) is 3.57. The van der Waals surface area contributed by atoms with Crippen LogP contribution < -0.4 is 11.1 Å². The molecule has 15 heavy (non-hydrogen) atoms. The van der Waals surface area contributed by atoms with Gasteiger partial charge in [0.05, 0.1) is 0 Å². The minimum absolute atomic E-state index is 0.123. The molecule has 0 spiro atoms. The summed E-state index contributed by atoms with van der Waals surface area (Å²) in [5.74, 6) is 1.03. The van der Waals surface area contributed by atoms with E-state index in [9.17, 15) is 0 Å². The largest absolute Gasteiger partial charge is 0.324 e. The molecule has 2 nitrogen and oxygen atoms in total. The van der Waals surface area contributed by atoms with Gasteiger partial charge in [-0.3, -0.25) is 0 Å². The quantitative estimate of drug-likeness (QED) is 0.684. The Morgan fingerprint density at radius 1 is 1.07 bits per heavy atom. The Kier molecular flexibility index (Phi) is 4.04. The molecule has 2 rings (SSSR count). The summed E-state index contributed by atoms with van der Waals surface area (Å²) >= 11 is 0. The van der Waals surface area contributed by atoms with Crippen LogP contribution in [0.4, 0.5) is 0 Å². The van der Waals surface area contributed by atoms with E-state index in [-0.39, 0.29) is 5.54 Å². The van der Waals surface area contributed by atoms with E-state index in [1.807, 2.05) is 0 Å². The van der Waals surface area contributed by atoms with Gasteiger partial charge in [0.1, 0.15) is 0 Å². The minimum atomic E-state index is 0.123. The van der Waals surface area contributed by atoms with Crippen molar-refractivity contribution in [3.8, 4) is 0 Å². The Balaban J connectivity index is 1.55. The number of hydrogen-bond donors (Lipinski definition) is 2. The molecule has 2 aliphatic rings. The number of rotatable bonds is 5. The van der Waals surface area contributed by atoms with Gasteiger partial charge in [0.25, 0.3) is 0 Å². The van der Waals surface area contributed by atoms with Crippen LogP contribution in [0.25, 0.3) is 0 Å². The maximum Gasteiger partial charge on any atom is 0.0280 e. The van der Waals surface area contributed by atoms with E-state index in [0.29, 0.717) is 0 Å². The lowest BCUT2D eigenvalue weighted by atomic mass is 9.82. The molecule has 2 heteroatoms. The molecule has 0 radical (unpaired) electrons. The maximum absolute atomic E-state index is 6.36. The highest BCUT2D eigenvalue weighted by Gasteiger charge is 2.26. The zero-order valence-corrected chi connectivity index (χ0v) is 9.93. The van der Waals surface area contributed by atoms with E-state index >= 15 is 0 Å². The molecule has 0 aliphatic heterocycles. The molecular formula is C13H26N2. The van der Waals surface area contributed by atoms with Gasteiger partial charge in [-0.15, -0.1) is 0 Å². The zero-order chi connectivity index (χ0) is 10.6. The van der Waals surface area contributed by atoms with Crippen LogP contribution in [0.2, 0.25) is 0 Å². The molecule has 0 aromatic carbocycles. The molecule has 0 aromatic rings. The van der Waals surface area contributed by atoms with Crippen molar-refractivity contribution in [2.24, 2.45) is 11.7 Å². The molecule has 2 fully saturated rings. The summed E-state index contributed by atoms with van der Waals surface area (Å²) in [6.45, 7) is 2.23. The third-order valence-electron chi connectivity index (χ3n) is 4.28. The fourth-order valence-electron chi connectivity index (χ4n) is 2.86. The summed E-state index contributed by atoms with van der Waals surface area (Å²) in [5.41, 5.74) is 6.48. The van der Waals surface area contributed by atoms with Crippen molar-refractivity contribution in [3.05, 3.63) is 0 Å². The van der Waals surface area contributed by atoms with Crippen LogP contribution in [-0.4, -0.2) is 18.6 Å². The SMILES string of the molecule is NC1(CNCCC2CCC2)CCCCC1. The highest BCUT2D eigenvalue weighted by Crippen LogP contribution is 2.29. The summed E-state index contributed by atoms with van der Waals surface area (Å²) < 4.78 is 0. The molecule has 88 valence electrons. The van der Waals surface area contributed by atoms with Crippen molar-refractivity contribution in [3.63, 3.8) is 0 Å². The van der Waals surface area contributed by atoms with Gasteiger partial charge in [0, 0.05) is 12.1 Å². The van der Waals surface area contributed by atoms with E-state index in [2.05, 4.69) is 5.32 Å². The average molecular weight is 210 g/mol. The zero-order valence-electron chi connectivity index (χ0n) is 9.93. The summed E-state index contributed by atoms with van der Waals surface area (Å²) in [6.07, 6.45) is 12.3. The fourth-order valence-corrected chi connectivity index (χ4v) is 2.86. The Bertz CT molecular complexity index is 181. The topological polar surface area (TPSA) is 38.0 Å². The molecule has 0 bridgehead atoms. The van der Waals surface area contributed by atoms with Gasteiger partial charge in [-0.05, 0) is 31.7 Å². The van der Waals surface area contributed by atoms with Crippen LogP contribution in [0, 0.1) is 5.92 Å². The second-order valence-corrected chi connectivity index (χ2v) is 5.69. The van der Waals surface area contributed by atoms with Crippen molar-refractivity contribution >= 4 is 0 Å².